The number of aryl methyl sites for hydroxylation is 3. The summed E-state index contributed by atoms with van der Waals surface area (Å²) >= 11 is 0. The van der Waals surface area contributed by atoms with Crippen molar-refractivity contribution in [3.8, 4) is 0 Å². The minimum absolute atomic E-state index is 0.130. The van der Waals surface area contributed by atoms with Crippen molar-refractivity contribution in [3.63, 3.8) is 0 Å². The lowest BCUT2D eigenvalue weighted by atomic mass is 10.0. The molecule has 0 aliphatic heterocycles. The summed E-state index contributed by atoms with van der Waals surface area (Å²) in [5.74, 6) is 0. The third-order valence-electron chi connectivity index (χ3n) is 4.02. The van der Waals surface area contributed by atoms with Crippen LogP contribution in [0.2, 0.25) is 0 Å². The largest absolute Gasteiger partial charge is 0.323 e. The maximum Gasteiger partial charge on any atom is 0.0577 e. The Hall–Kier alpha value is -1.45. The van der Waals surface area contributed by atoms with E-state index in [1.807, 2.05) is 63.2 Å². The normalized spacial score (nSPS) is 15.5. The van der Waals surface area contributed by atoms with Crippen LogP contribution in [0.1, 0.15) is 35.2 Å². The highest BCUT2D eigenvalue weighted by Crippen LogP contribution is 2.23. The standard InChI is InChI=1S/C18H23NOS/c1-12-5-8-16(9-6-12)18(19)15(4)21(20)17-10-7-13(2)14(3)11-17/h5-11,15,18H,19H2,1-4H3. The molecule has 2 N–H and O–H groups in total. The zero-order chi connectivity index (χ0) is 15.6. The zero-order valence-electron chi connectivity index (χ0n) is 13.1. The molecule has 0 heterocycles. The van der Waals surface area contributed by atoms with Gasteiger partial charge in [-0.05, 0) is 56.5 Å². The van der Waals surface area contributed by atoms with Crippen LogP contribution < -0.4 is 5.73 Å². The topological polar surface area (TPSA) is 43.1 Å². The summed E-state index contributed by atoms with van der Waals surface area (Å²) in [6.45, 7) is 8.10. The first-order valence-corrected chi connectivity index (χ1v) is 8.41. The first kappa shape index (κ1) is 15.9. The highest BCUT2D eigenvalue weighted by molar-refractivity contribution is 7.85. The van der Waals surface area contributed by atoms with E-state index in [-0.39, 0.29) is 11.3 Å². The van der Waals surface area contributed by atoms with Crippen molar-refractivity contribution in [2.24, 2.45) is 5.73 Å². The van der Waals surface area contributed by atoms with E-state index in [1.54, 1.807) is 0 Å². The van der Waals surface area contributed by atoms with Crippen LogP contribution in [-0.2, 0) is 10.8 Å². The van der Waals surface area contributed by atoms with Gasteiger partial charge in [0.2, 0.25) is 0 Å². The van der Waals surface area contributed by atoms with Crippen LogP contribution in [0, 0.1) is 20.8 Å². The van der Waals surface area contributed by atoms with E-state index in [1.165, 1.54) is 11.1 Å². The highest BCUT2D eigenvalue weighted by Gasteiger charge is 2.22. The minimum Gasteiger partial charge on any atom is -0.323 e. The van der Waals surface area contributed by atoms with Crippen molar-refractivity contribution in [2.45, 2.75) is 43.9 Å². The molecule has 0 aliphatic carbocycles. The van der Waals surface area contributed by atoms with E-state index in [4.69, 9.17) is 5.73 Å². The van der Waals surface area contributed by atoms with Crippen LogP contribution in [0.15, 0.2) is 47.4 Å². The average Bonchev–Trinajstić information content (AvgIpc) is 2.48. The molecule has 2 rings (SSSR count). The van der Waals surface area contributed by atoms with Gasteiger partial charge in [-0.15, -0.1) is 0 Å². The van der Waals surface area contributed by atoms with Gasteiger partial charge in [-0.25, -0.2) is 0 Å². The fraction of sp³-hybridized carbons (Fsp3) is 0.333. The van der Waals surface area contributed by atoms with Gasteiger partial charge in [0.05, 0.1) is 16.0 Å². The van der Waals surface area contributed by atoms with Gasteiger partial charge >= 0.3 is 0 Å². The predicted molar refractivity (Wildman–Crippen MR) is 89.9 cm³/mol. The minimum atomic E-state index is -1.11. The summed E-state index contributed by atoms with van der Waals surface area (Å²) in [4.78, 5) is 0.855. The Labute approximate surface area is 129 Å². The predicted octanol–water partition coefficient (Wildman–Crippen LogP) is 3.81. The molecule has 0 spiro atoms. The molecular formula is C18H23NOS. The second kappa shape index (κ2) is 6.54. The lowest BCUT2D eigenvalue weighted by molar-refractivity contribution is 0.643. The van der Waals surface area contributed by atoms with Crippen molar-refractivity contribution in [3.05, 3.63) is 64.7 Å². The first-order chi connectivity index (χ1) is 9.90. The first-order valence-electron chi connectivity index (χ1n) is 7.20. The van der Waals surface area contributed by atoms with Crippen LogP contribution in [0.4, 0.5) is 0 Å². The van der Waals surface area contributed by atoms with Gasteiger partial charge in [0.1, 0.15) is 0 Å². The van der Waals surface area contributed by atoms with Crippen molar-refractivity contribution < 1.29 is 4.21 Å². The number of benzene rings is 2. The van der Waals surface area contributed by atoms with Crippen molar-refractivity contribution in [2.75, 3.05) is 0 Å². The van der Waals surface area contributed by atoms with Crippen molar-refractivity contribution >= 4 is 10.8 Å². The summed E-state index contributed by atoms with van der Waals surface area (Å²) in [6, 6.07) is 13.9. The zero-order valence-corrected chi connectivity index (χ0v) is 13.9. The van der Waals surface area contributed by atoms with Crippen molar-refractivity contribution in [1.29, 1.82) is 0 Å². The van der Waals surface area contributed by atoms with Gasteiger partial charge in [0, 0.05) is 10.9 Å². The van der Waals surface area contributed by atoms with Crippen LogP contribution in [-0.4, -0.2) is 9.46 Å². The molecule has 2 aromatic rings. The van der Waals surface area contributed by atoms with Gasteiger partial charge in [0.25, 0.3) is 0 Å². The van der Waals surface area contributed by atoms with Crippen LogP contribution in [0.5, 0.6) is 0 Å². The molecule has 0 saturated carbocycles. The molecular weight excluding hydrogens is 278 g/mol. The Morgan fingerprint density at radius 2 is 1.57 bits per heavy atom. The number of hydrogen-bond acceptors (Lipinski definition) is 2. The molecule has 112 valence electrons. The van der Waals surface area contributed by atoms with Crippen LogP contribution in [0.3, 0.4) is 0 Å². The number of hydrogen-bond donors (Lipinski definition) is 1. The summed E-state index contributed by atoms with van der Waals surface area (Å²) < 4.78 is 12.7. The van der Waals surface area contributed by atoms with Crippen molar-refractivity contribution in [1.82, 2.24) is 0 Å². The summed E-state index contributed by atoms with van der Waals surface area (Å²) in [7, 11) is -1.11. The quantitative estimate of drug-likeness (QED) is 0.933. The van der Waals surface area contributed by atoms with Crippen LogP contribution in [0.25, 0.3) is 0 Å². The Balaban J connectivity index is 2.21. The van der Waals surface area contributed by atoms with E-state index in [0.29, 0.717) is 0 Å². The fourth-order valence-corrected chi connectivity index (χ4v) is 3.59. The van der Waals surface area contributed by atoms with E-state index >= 15 is 0 Å². The molecule has 3 heteroatoms. The third-order valence-corrected chi connectivity index (χ3v) is 5.70. The Morgan fingerprint density at radius 1 is 0.952 bits per heavy atom. The van der Waals surface area contributed by atoms with E-state index < -0.39 is 10.8 Å². The number of nitrogens with two attached hydrogens (primary N) is 1. The molecule has 0 radical (unpaired) electrons. The summed E-state index contributed by atoms with van der Waals surface area (Å²) in [6.07, 6.45) is 0. The van der Waals surface area contributed by atoms with E-state index in [9.17, 15) is 4.21 Å². The molecule has 3 atom stereocenters. The van der Waals surface area contributed by atoms with E-state index in [0.717, 1.165) is 16.0 Å². The monoisotopic (exact) mass is 301 g/mol. The molecule has 0 saturated heterocycles. The molecule has 0 amide bonds. The molecule has 0 bridgehead atoms. The van der Waals surface area contributed by atoms with E-state index in [2.05, 4.69) is 6.92 Å². The Bertz CT molecular complexity index is 649. The Kier molecular flexibility index (Phi) is 4.96. The molecule has 21 heavy (non-hydrogen) atoms. The molecule has 2 nitrogen and oxygen atoms in total. The van der Waals surface area contributed by atoms with Gasteiger partial charge in [-0.2, -0.15) is 0 Å². The maximum absolute atomic E-state index is 12.7. The smallest absolute Gasteiger partial charge is 0.0577 e. The second-order valence-electron chi connectivity index (χ2n) is 5.69. The second-order valence-corrected chi connectivity index (χ2v) is 7.49. The highest BCUT2D eigenvalue weighted by atomic mass is 32.2. The summed E-state index contributed by atoms with van der Waals surface area (Å²) in [5.41, 5.74) is 10.9. The van der Waals surface area contributed by atoms with Gasteiger partial charge in [0.15, 0.2) is 0 Å². The van der Waals surface area contributed by atoms with Crippen LogP contribution >= 0.6 is 0 Å². The van der Waals surface area contributed by atoms with Gasteiger partial charge in [-0.1, -0.05) is 35.9 Å². The third kappa shape index (κ3) is 3.60. The molecule has 3 unspecified atom stereocenters. The Morgan fingerprint density at radius 3 is 2.14 bits per heavy atom. The molecule has 2 aromatic carbocycles. The average molecular weight is 301 g/mol. The SMILES string of the molecule is Cc1ccc(C(N)C(C)S(=O)c2ccc(C)c(C)c2)cc1. The molecule has 0 aromatic heterocycles. The fourth-order valence-electron chi connectivity index (χ4n) is 2.25. The van der Waals surface area contributed by atoms with Gasteiger partial charge in [-0.3, -0.25) is 4.21 Å². The lowest BCUT2D eigenvalue weighted by Gasteiger charge is -2.20. The molecule has 0 aliphatic rings. The molecule has 0 fully saturated rings. The van der Waals surface area contributed by atoms with Gasteiger partial charge < -0.3 is 5.73 Å². The number of rotatable bonds is 4. The lowest BCUT2D eigenvalue weighted by Crippen LogP contribution is -2.27. The summed E-state index contributed by atoms with van der Waals surface area (Å²) in [5, 5.41) is -0.130. The maximum atomic E-state index is 12.7.